The number of carbonyl (C=O) groups excluding carboxylic acids is 1. The molecule has 0 amide bonds. The third kappa shape index (κ3) is 1.88. The van der Waals surface area contributed by atoms with Crippen molar-refractivity contribution in [2.24, 2.45) is 5.73 Å². The Morgan fingerprint density at radius 2 is 2.33 bits per heavy atom. The Labute approximate surface area is 89.2 Å². The fourth-order valence-electron chi connectivity index (χ4n) is 2.13. The quantitative estimate of drug-likeness (QED) is 0.755. The minimum absolute atomic E-state index is 0.320. The van der Waals surface area contributed by atoms with Crippen LogP contribution in [0.25, 0.3) is 0 Å². The smallest absolute Gasteiger partial charge is 0.322 e. The van der Waals surface area contributed by atoms with Crippen LogP contribution in [0.1, 0.15) is 23.5 Å². The molecule has 0 radical (unpaired) electrons. The van der Waals surface area contributed by atoms with Crippen molar-refractivity contribution in [3.8, 4) is 0 Å². The summed E-state index contributed by atoms with van der Waals surface area (Å²) in [4.78, 5) is 11.2. The van der Waals surface area contributed by atoms with Gasteiger partial charge >= 0.3 is 5.97 Å². The first-order valence-corrected chi connectivity index (χ1v) is 5.13. The number of rotatable bonds is 3. The summed E-state index contributed by atoms with van der Waals surface area (Å²) in [6.07, 6.45) is 1.71. The molecular formula is C12H15NO2. The lowest BCUT2D eigenvalue weighted by molar-refractivity contribution is -0.142. The summed E-state index contributed by atoms with van der Waals surface area (Å²) in [6.45, 7) is 0. The molecule has 2 atom stereocenters. The lowest BCUT2D eigenvalue weighted by Gasteiger charge is -2.31. The third-order valence-electron chi connectivity index (χ3n) is 3.00. The van der Waals surface area contributed by atoms with Gasteiger partial charge < -0.3 is 10.5 Å². The van der Waals surface area contributed by atoms with Crippen molar-refractivity contribution in [2.75, 3.05) is 7.11 Å². The van der Waals surface area contributed by atoms with Crippen molar-refractivity contribution in [1.29, 1.82) is 0 Å². The minimum atomic E-state index is -0.492. The molecule has 80 valence electrons. The average Bonchev–Trinajstić information content (AvgIpc) is 2.24. The Kier molecular flexibility index (Phi) is 2.73. The van der Waals surface area contributed by atoms with Gasteiger partial charge in [0.1, 0.15) is 6.04 Å². The fourth-order valence-corrected chi connectivity index (χ4v) is 2.13. The van der Waals surface area contributed by atoms with Gasteiger partial charge in [-0.3, -0.25) is 4.79 Å². The third-order valence-corrected chi connectivity index (χ3v) is 3.00. The molecule has 2 unspecified atom stereocenters. The molecule has 2 N–H and O–H groups in total. The van der Waals surface area contributed by atoms with Crippen LogP contribution in [0.3, 0.4) is 0 Å². The second-order valence-electron chi connectivity index (χ2n) is 3.97. The van der Waals surface area contributed by atoms with Crippen molar-refractivity contribution in [3.05, 3.63) is 35.4 Å². The van der Waals surface area contributed by atoms with Gasteiger partial charge in [0, 0.05) is 0 Å². The van der Waals surface area contributed by atoms with Crippen molar-refractivity contribution in [2.45, 2.75) is 24.8 Å². The molecule has 1 aliphatic rings. The van der Waals surface area contributed by atoms with E-state index in [0.29, 0.717) is 12.3 Å². The van der Waals surface area contributed by atoms with E-state index in [4.69, 9.17) is 5.73 Å². The lowest BCUT2D eigenvalue weighted by atomic mass is 9.74. The van der Waals surface area contributed by atoms with Crippen molar-refractivity contribution >= 4 is 5.97 Å². The maximum Gasteiger partial charge on any atom is 0.322 e. The Hall–Kier alpha value is -1.35. The van der Waals surface area contributed by atoms with Crippen LogP contribution in [0.15, 0.2) is 24.3 Å². The summed E-state index contributed by atoms with van der Waals surface area (Å²) in [7, 11) is 1.37. The summed E-state index contributed by atoms with van der Waals surface area (Å²) < 4.78 is 4.61. The average molecular weight is 205 g/mol. The first-order valence-electron chi connectivity index (χ1n) is 5.13. The number of methoxy groups -OCH3 is 1. The predicted octanol–water partition coefficient (Wildman–Crippen LogP) is 1.22. The van der Waals surface area contributed by atoms with Crippen LogP contribution in [0, 0.1) is 0 Å². The maximum absolute atomic E-state index is 11.2. The van der Waals surface area contributed by atoms with E-state index < -0.39 is 6.04 Å². The number of carbonyl (C=O) groups is 1. The number of esters is 1. The maximum atomic E-state index is 11.2. The molecule has 3 nitrogen and oxygen atoms in total. The molecule has 2 rings (SSSR count). The molecule has 1 aromatic rings. The van der Waals surface area contributed by atoms with Crippen molar-refractivity contribution in [1.82, 2.24) is 0 Å². The Morgan fingerprint density at radius 1 is 1.60 bits per heavy atom. The van der Waals surface area contributed by atoms with E-state index in [0.717, 1.165) is 6.42 Å². The highest BCUT2D eigenvalue weighted by molar-refractivity contribution is 5.75. The fraction of sp³-hybridized carbons (Fsp3) is 0.417. The highest BCUT2D eigenvalue weighted by Crippen LogP contribution is 2.37. The molecule has 15 heavy (non-hydrogen) atoms. The van der Waals surface area contributed by atoms with E-state index in [1.54, 1.807) is 0 Å². The lowest BCUT2D eigenvalue weighted by Crippen LogP contribution is -2.35. The number of hydrogen-bond acceptors (Lipinski definition) is 3. The van der Waals surface area contributed by atoms with E-state index in [-0.39, 0.29) is 5.97 Å². The first-order chi connectivity index (χ1) is 7.22. The molecule has 0 fully saturated rings. The van der Waals surface area contributed by atoms with Crippen LogP contribution >= 0.6 is 0 Å². The van der Waals surface area contributed by atoms with Crippen molar-refractivity contribution < 1.29 is 9.53 Å². The van der Waals surface area contributed by atoms with E-state index in [2.05, 4.69) is 16.9 Å². The van der Waals surface area contributed by atoms with Gasteiger partial charge in [-0.15, -0.1) is 0 Å². The predicted molar refractivity (Wildman–Crippen MR) is 57.5 cm³/mol. The van der Waals surface area contributed by atoms with Crippen LogP contribution in [0.5, 0.6) is 0 Å². The van der Waals surface area contributed by atoms with Crippen molar-refractivity contribution in [3.63, 3.8) is 0 Å². The molecule has 0 aromatic heterocycles. The Bertz CT molecular complexity index is 376. The molecule has 0 saturated heterocycles. The number of ether oxygens (including phenoxy) is 1. The molecule has 0 spiro atoms. The summed E-state index contributed by atoms with van der Waals surface area (Å²) in [5, 5.41) is 0. The summed E-state index contributed by atoms with van der Waals surface area (Å²) >= 11 is 0. The summed E-state index contributed by atoms with van der Waals surface area (Å²) in [5.74, 6) is 0.106. The van der Waals surface area contributed by atoms with Crippen LogP contribution in [-0.2, 0) is 16.0 Å². The molecule has 0 heterocycles. The zero-order valence-corrected chi connectivity index (χ0v) is 8.77. The number of fused-ring (bicyclic) bond motifs is 1. The van der Waals surface area contributed by atoms with Gasteiger partial charge in [-0.1, -0.05) is 24.3 Å². The van der Waals surface area contributed by atoms with Gasteiger partial charge in [-0.25, -0.2) is 0 Å². The van der Waals surface area contributed by atoms with Crippen LogP contribution in [-0.4, -0.2) is 19.1 Å². The van der Waals surface area contributed by atoms with E-state index in [1.165, 1.54) is 18.2 Å². The molecule has 1 aromatic carbocycles. The van der Waals surface area contributed by atoms with Gasteiger partial charge in [-0.2, -0.15) is 0 Å². The SMILES string of the molecule is COC(=O)C(N)CC1Cc2ccccc21. The number of nitrogens with two attached hydrogens (primary N) is 1. The largest absolute Gasteiger partial charge is 0.468 e. The van der Waals surface area contributed by atoms with Gasteiger partial charge in [0.15, 0.2) is 0 Å². The number of benzene rings is 1. The molecule has 0 aliphatic heterocycles. The molecule has 0 saturated carbocycles. The Morgan fingerprint density at radius 3 is 3.00 bits per heavy atom. The van der Waals surface area contributed by atoms with Gasteiger partial charge in [0.2, 0.25) is 0 Å². The normalized spacial score (nSPS) is 20.0. The molecular weight excluding hydrogens is 190 g/mol. The van der Waals surface area contributed by atoms with E-state index >= 15 is 0 Å². The van der Waals surface area contributed by atoms with Gasteiger partial charge in [-0.05, 0) is 29.9 Å². The topological polar surface area (TPSA) is 52.3 Å². The second-order valence-corrected chi connectivity index (χ2v) is 3.97. The Balaban J connectivity index is 1.97. The highest BCUT2D eigenvalue weighted by atomic mass is 16.5. The molecule has 0 bridgehead atoms. The first kappa shape index (κ1) is 10.2. The standard InChI is InChI=1S/C12H15NO2/c1-15-12(14)11(13)7-9-6-8-4-2-3-5-10(8)9/h2-5,9,11H,6-7,13H2,1H3. The van der Waals surface area contributed by atoms with Crippen LogP contribution < -0.4 is 5.73 Å². The van der Waals surface area contributed by atoms with E-state index in [9.17, 15) is 4.79 Å². The van der Waals surface area contributed by atoms with Crippen LogP contribution in [0.2, 0.25) is 0 Å². The van der Waals surface area contributed by atoms with Crippen LogP contribution in [0.4, 0.5) is 0 Å². The minimum Gasteiger partial charge on any atom is -0.468 e. The van der Waals surface area contributed by atoms with E-state index in [1.807, 2.05) is 12.1 Å². The monoisotopic (exact) mass is 205 g/mol. The zero-order valence-electron chi connectivity index (χ0n) is 8.77. The second kappa shape index (κ2) is 4.03. The summed E-state index contributed by atoms with van der Waals surface area (Å²) in [5.41, 5.74) is 8.43. The van der Waals surface area contributed by atoms with Gasteiger partial charge in [0.05, 0.1) is 7.11 Å². The summed E-state index contributed by atoms with van der Waals surface area (Å²) in [6, 6.07) is 7.79. The zero-order chi connectivity index (χ0) is 10.8. The number of hydrogen-bond donors (Lipinski definition) is 1. The van der Waals surface area contributed by atoms with Gasteiger partial charge in [0.25, 0.3) is 0 Å². The highest BCUT2D eigenvalue weighted by Gasteiger charge is 2.29. The molecule has 1 aliphatic carbocycles. The molecule has 3 heteroatoms.